The van der Waals surface area contributed by atoms with Crippen molar-refractivity contribution in [1.29, 1.82) is 0 Å². The fourth-order valence-corrected chi connectivity index (χ4v) is 6.16. The van der Waals surface area contributed by atoms with E-state index in [0.717, 1.165) is 59.3 Å². The number of nitrogens with one attached hydrogen (secondary N) is 1. The molecule has 0 spiro atoms. The van der Waals surface area contributed by atoms with Gasteiger partial charge in [0, 0.05) is 0 Å². The summed E-state index contributed by atoms with van der Waals surface area (Å²) in [6.45, 7) is 3.04. The highest BCUT2D eigenvalue weighted by Crippen LogP contribution is 2.33. The standard InChI is InChI=1S/C29H31F3N2O3S/c1-3-27(23-14-13-21-7-4-5-8-22(21)17-23)33-28(35)19-34(25-10-6-9-24(18-25)29(30,31)32)38(36,37)26-15-11-20(2)12-16-26/h6,9-18,27H,3-5,7-8,19H2,1-2H3,(H,33,35)/t27-/m0/s1. The average Bonchev–Trinajstić information content (AvgIpc) is 2.90. The van der Waals surface area contributed by atoms with Crippen LogP contribution in [0.15, 0.2) is 71.6 Å². The van der Waals surface area contributed by atoms with Gasteiger partial charge < -0.3 is 5.32 Å². The Balaban J connectivity index is 1.65. The summed E-state index contributed by atoms with van der Waals surface area (Å²) < 4.78 is 68.2. The maximum absolute atomic E-state index is 13.6. The Bertz CT molecular complexity index is 1400. The molecule has 38 heavy (non-hydrogen) atoms. The van der Waals surface area contributed by atoms with Crippen LogP contribution in [0.2, 0.25) is 0 Å². The van der Waals surface area contributed by atoms with Gasteiger partial charge in [-0.05, 0) is 86.1 Å². The van der Waals surface area contributed by atoms with Crippen LogP contribution in [-0.2, 0) is 33.8 Å². The topological polar surface area (TPSA) is 66.5 Å². The molecule has 1 N–H and O–H groups in total. The fraction of sp³-hybridized carbons (Fsp3) is 0.345. The largest absolute Gasteiger partial charge is 0.416 e. The average molecular weight is 545 g/mol. The van der Waals surface area contributed by atoms with Crippen molar-refractivity contribution in [3.63, 3.8) is 0 Å². The van der Waals surface area contributed by atoms with Crippen LogP contribution in [0.5, 0.6) is 0 Å². The zero-order valence-electron chi connectivity index (χ0n) is 21.4. The van der Waals surface area contributed by atoms with E-state index in [1.54, 1.807) is 19.1 Å². The number of alkyl halides is 3. The van der Waals surface area contributed by atoms with E-state index < -0.39 is 34.2 Å². The van der Waals surface area contributed by atoms with Gasteiger partial charge in [-0.25, -0.2) is 8.42 Å². The van der Waals surface area contributed by atoms with E-state index in [0.29, 0.717) is 6.42 Å². The molecule has 0 saturated heterocycles. The summed E-state index contributed by atoms with van der Waals surface area (Å²) >= 11 is 0. The highest BCUT2D eigenvalue weighted by Gasteiger charge is 2.33. The first kappa shape index (κ1) is 27.7. The summed E-state index contributed by atoms with van der Waals surface area (Å²) in [5.41, 5.74) is 3.07. The van der Waals surface area contributed by atoms with E-state index in [1.807, 2.05) is 13.0 Å². The minimum absolute atomic E-state index is 0.116. The molecule has 5 nitrogen and oxygen atoms in total. The molecule has 0 aromatic heterocycles. The predicted octanol–water partition coefficient (Wildman–Crippen LogP) is 6.36. The van der Waals surface area contributed by atoms with Gasteiger partial charge in [0.15, 0.2) is 0 Å². The summed E-state index contributed by atoms with van der Waals surface area (Å²) in [5, 5.41) is 2.90. The zero-order chi connectivity index (χ0) is 27.5. The summed E-state index contributed by atoms with van der Waals surface area (Å²) in [6, 6.07) is 15.8. The van der Waals surface area contributed by atoms with Crippen LogP contribution in [-0.4, -0.2) is 20.9 Å². The first-order chi connectivity index (χ1) is 18.0. The third-order valence-electron chi connectivity index (χ3n) is 6.88. The molecule has 0 heterocycles. The Hall–Kier alpha value is -3.33. The number of aryl methyl sites for hydroxylation is 3. The van der Waals surface area contributed by atoms with Crippen LogP contribution >= 0.6 is 0 Å². The molecule has 1 atom stereocenters. The molecule has 0 bridgehead atoms. The SMILES string of the molecule is CC[C@H](NC(=O)CN(c1cccc(C(F)(F)F)c1)S(=O)(=O)c1ccc(C)cc1)c1ccc2c(c1)CCCC2. The highest BCUT2D eigenvalue weighted by atomic mass is 32.2. The van der Waals surface area contributed by atoms with Crippen molar-refractivity contribution in [2.45, 2.75) is 63.1 Å². The Labute approximate surface area is 221 Å². The number of anilines is 1. The van der Waals surface area contributed by atoms with Gasteiger partial charge in [0.1, 0.15) is 6.54 Å². The molecule has 4 rings (SSSR count). The van der Waals surface area contributed by atoms with Crippen LogP contribution in [0.1, 0.15) is 60.0 Å². The highest BCUT2D eigenvalue weighted by molar-refractivity contribution is 7.92. The van der Waals surface area contributed by atoms with Crippen LogP contribution in [0, 0.1) is 6.92 Å². The van der Waals surface area contributed by atoms with Gasteiger partial charge in [0.05, 0.1) is 22.2 Å². The maximum atomic E-state index is 13.6. The Morgan fingerprint density at radius 3 is 2.32 bits per heavy atom. The number of carbonyl (C=O) groups is 1. The van der Waals surface area contributed by atoms with Crippen molar-refractivity contribution in [3.05, 3.63) is 94.5 Å². The second-order valence-corrected chi connectivity index (χ2v) is 11.5. The number of sulfonamides is 1. The van der Waals surface area contributed by atoms with Crippen LogP contribution in [0.25, 0.3) is 0 Å². The lowest BCUT2D eigenvalue weighted by atomic mass is 9.89. The van der Waals surface area contributed by atoms with E-state index in [2.05, 4.69) is 17.4 Å². The maximum Gasteiger partial charge on any atom is 0.416 e. The van der Waals surface area contributed by atoms with Crippen molar-refractivity contribution in [2.24, 2.45) is 0 Å². The zero-order valence-corrected chi connectivity index (χ0v) is 22.2. The van der Waals surface area contributed by atoms with Gasteiger partial charge in [-0.2, -0.15) is 13.2 Å². The smallest absolute Gasteiger partial charge is 0.348 e. The van der Waals surface area contributed by atoms with Gasteiger partial charge in [0.2, 0.25) is 5.91 Å². The molecule has 3 aromatic carbocycles. The van der Waals surface area contributed by atoms with Crippen molar-refractivity contribution in [2.75, 3.05) is 10.8 Å². The van der Waals surface area contributed by atoms with Crippen molar-refractivity contribution < 1.29 is 26.4 Å². The quantitative estimate of drug-likeness (QED) is 0.359. The van der Waals surface area contributed by atoms with E-state index in [9.17, 15) is 26.4 Å². The van der Waals surface area contributed by atoms with Gasteiger partial charge in [-0.1, -0.05) is 48.9 Å². The van der Waals surface area contributed by atoms with Crippen LogP contribution < -0.4 is 9.62 Å². The Morgan fingerprint density at radius 2 is 1.66 bits per heavy atom. The van der Waals surface area contributed by atoms with Crippen LogP contribution in [0.3, 0.4) is 0 Å². The minimum atomic E-state index is -4.67. The number of carbonyl (C=O) groups excluding carboxylic acids is 1. The van der Waals surface area contributed by atoms with Crippen molar-refractivity contribution in [1.82, 2.24) is 5.32 Å². The molecule has 3 aromatic rings. The number of halogens is 3. The second kappa shape index (κ2) is 11.2. The number of amides is 1. The number of hydrogen-bond donors (Lipinski definition) is 1. The molecule has 1 aliphatic carbocycles. The third-order valence-corrected chi connectivity index (χ3v) is 8.66. The van der Waals surface area contributed by atoms with Gasteiger partial charge in [-0.3, -0.25) is 9.10 Å². The van der Waals surface area contributed by atoms with E-state index >= 15 is 0 Å². The van der Waals surface area contributed by atoms with E-state index in [1.165, 1.54) is 29.3 Å². The van der Waals surface area contributed by atoms with E-state index in [-0.39, 0.29) is 16.6 Å². The molecule has 1 amide bonds. The number of fused-ring (bicyclic) bond motifs is 1. The van der Waals surface area contributed by atoms with Gasteiger partial charge in [0.25, 0.3) is 10.0 Å². The van der Waals surface area contributed by atoms with Gasteiger partial charge in [-0.15, -0.1) is 0 Å². The molecule has 0 unspecified atom stereocenters. The number of benzene rings is 3. The number of nitrogens with zero attached hydrogens (tertiary/aromatic N) is 1. The normalized spacial score (nSPS) is 14.4. The van der Waals surface area contributed by atoms with Crippen LogP contribution in [0.4, 0.5) is 18.9 Å². The van der Waals surface area contributed by atoms with E-state index in [4.69, 9.17) is 0 Å². The lowest BCUT2D eigenvalue weighted by Crippen LogP contribution is -2.42. The second-order valence-electron chi connectivity index (χ2n) is 9.64. The molecule has 9 heteroatoms. The molecule has 0 fully saturated rings. The molecular weight excluding hydrogens is 513 g/mol. The first-order valence-electron chi connectivity index (χ1n) is 12.7. The number of rotatable bonds is 8. The van der Waals surface area contributed by atoms with Crippen molar-refractivity contribution in [3.8, 4) is 0 Å². The molecule has 202 valence electrons. The molecule has 0 aliphatic heterocycles. The summed E-state index contributed by atoms with van der Waals surface area (Å²) in [5.74, 6) is -0.609. The lowest BCUT2D eigenvalue weighted by Gasteiger charge is -2.27. The lowest BCUT2D eigenvalue weighted by molar-refractivity contribution is -0.137. The number of hydrogen-bond acceptors (Lipinski definition) is 3. The van der Waals surface area contributed by atoms with Crippen molar-refractivity contribution >= 4 is 21.6 Å². The monoisotopic (exact) mass is 544 g/mol. The summed E-state index contributed by atoms with van der Waals surface area (Å²) in [7, 11) is -4.34. The Morgan fingerprint density at radius 1 is 0.974 bits per heavy atom. The predicted molar refractivity (Wildman–Crippen MR) is 141 cm³/mol. The molecular formula is C29H31F3N2O3S. The molecule has 0 saturated carbocycles. The summed E-state index contributed by atoms with van der Waals surface area (Å²) in [6.07, 6.45) is 0.174. The first-order valence-corrected chi connectivity index (χ1v) is 14.1. The minimum Gasteiger partial charge on any atom is -0.348 e. The fourth-order valence-electron chi connectivity index (χ4n) is 4.75. The molecule has 1 aliphatic rings. The van der Waals surface area contributed by atoms with Gasteiger partial charge >= 0.3 is 6.18 Å². The molecule has 0 radical (unpaired) electrons. The summed E-state index contributed by atoms with van der Waals surface area (Å²) in [4.78, 5) is 13.1. The third kappa shape index (κ3) is 6.20. The Kier molecular flexibility index (Phi) is 8.16.